The first-order chi connectivity index (χ1) is 10.5. The van der Waals surface area contributed by atoms with E-state index in [1.54, 1.807) is 11.8 Å². The highest BCUT2D eigenvalue weighted by Gasteiger charge is 2.20. The van der Waals surface area contributed by atoms with Gasteiger partial charge in [-0.25, -0.2) is 14.0 Å². The van der Waals surface area contributed by atoms with E-state index in [0.29, 0.717) is 17.9 Å². The molecule has 0 heterocycles. The Morgan fingerprint density at radius 3 is 2.59 bits per heavy atom. The van der Waals surface area contributed by atoms with Crippen LogP contribution in [0.5, 0.6) is 5.75 Å². The summed E-state index contributed by atoms with van der Waals surface area (Å²) in [5, 5.41) is 2.35. The van der Waals surface area contributed by atoms with Gasteiger partial charge in [0.25, 0.3) is 0 Å². The van der Waals surface area contributed by atoms with Gasteiger partial charge in [-0.2, -0.15) is 11.8 Å². The number of benzene rings is 1. The molecule has 0 radical (unpaired) electrons. The molecular weight excluding hydrogens is 311 g/mol. The molecule has 0 spiro atoms. The third-order valence-corrected chi connectivity index (χ3v) is 3.27. The Balaban J connectivity index is 2.32. The van der Waals surface area contributed by atoms with Crippen LogP contribution in [-0.2, 0) is 9.53 Å². The van der Waals surface area contributed by atoms with Gasteiger partial charge in [-0.1, -0.05) is 0 Å². The van der Waals surface area contributed by atoms with E-state index in [1.807, 2.05) is 6.26 Å². The number of ether oxygens (including phenoxy) is 2. The van der Waals surface area contributed by atoms with Crippen molar-refractivity contribution in [2.75, 3.05) is 25.2 Å². The number of amides is 2. The van der Waals surface area contributed by atoms with Gasteiger partial charge in [0.2, 0.25) is 0 Å². The highest BCUT2D eigenvalue weighted by atomic mass is 32.2. The minimum absolute atomic E-state index is 0.0203. The molecule has 6 nitrogen and oxygen atoms in total. The zero-order chi connectivity index (χ0) is 16.4. The van der Waals surface area contributed by atoms with Gasteiger partial charge in [-0.15, -0.1) is 0 Å². The number of urea groups is 1. The van der Waals surface area contributed by atoms with Crippen molar-refractivity contribution in [3.8, 4) is 5.75 Å². The van der Waals surface area contributed by atoms with Gasteiger partial charge in [-0.05, 0) is 42.7 Å². The fourth-order valence-corrected chi connectivity index (χ4v) is 2.06. The number of thioether (sulfide) groups is 1. The Morgan fingerprint density at radius 2 is 2.00 bits per heavy atom. The first-order valence-corrected chi connectivity index (χ1v) is 8.02. The van der Waals surface area contributed by atoms with E-state index >= 15 is 0 Å². The average Bonchev–Trinajstić information content (AvgIpc) is 2.49. The summed E-state index contributed by atoms with van der Waals surface area (Å²) in [6, 6.07) is 3.97. The number of hydrogen-bond acceptors (Lipinski definition) is 5. The van der Waals surface area contributed by atoms with E-state index in [9.17, 15) is 14.0 Å². The molecule has 0 unspecified atom stereocenters. The Bertz CT molecular complexity index is 484. The fourth-order valence-electron chi connectivity index (χ4n) is 1.59. The van der Waals surface area contributed by atoms with Crippen LogP contribution in [0.25, 0.3) is 0 Å². The lowest BCUT2D eigenvalue weighted by atomic mass is 10.2. The first-order valence-electron chi connectivity index (χ1n) is 6.63. The van der Waals surface area contributed by atoms with Crippen molar-refractivity contribution in [1.29, 1.82) is 0 Å². The van der Waals surface area contributed by atoms with E-state index < -0.39 is 18.0 Å². The fraction of sp³-hybridized carbons (Fsp3) is 0.429. The van der Waals surface area contributed by atoms with Crippen LogP contribution in [0.1, 0.15) is 6.42 Å². The molecule has 0 aliphatic carbocycles. The SMILES string of the molecule is CSCC[C@@H](NC(N)=O)C(=O)OCCOc1ccc(F)cc1. The molecule has 122 valence electrons. The van der Waals surface area contributed by atoms with E-state index in [0.717, 1.165) is 0 Å². The molecule has 2 amide bonds. The second-order valence-electron chi connectivity index (χ2n) is 4.31. The summed E-state index contributed by atoms with van der Waals surface area (Å²) in [5.41, 5.74) is 5.03. The van der Waals surface area contributed by atoms with Gasteiger partial charge >= 0.3 is 12.0 Å². The Hall–Kier alpha value is -1.96. The smallest absolute Gasteiger partial charge is 0.328 e. The normalized spacial score (nSPS) is 11.5. The van der Waals surface area contributed by atoms with Crippen LogP contribution in [0.15, 0.2) is 24.3 Å². The van der Waals surface area contributed by atoms with Crippen molar-refractivity contribution >= 4 is 23.8 Å². The van der Waals surface area contributed by atoms with Crippen LogP contribution in [0.2, 0.25) is 0 Å². The largest absolute Gasteiger partial charge is 0.490 e. The Kier molecular flexibility index (Phi) is 8.13. The molecule has 3 N–H and O–H groups in total. The van der Waals surface area contributed by atoms with Gasteiger partial charge in [0.15, 0.2) is 0 Å². The molecule has 22 heavy (non-hydrogen) atoms. The summed E-state index contributed by atoms with van der Waals surface area (Å²) in [7, 11) is 0. The number of carbonyl (C=O) groups is 2. The third kappa shape index (κ3) is 7.16. The molecule has 1 rings (SSSR count). The first kappa shape index (κ1) is 18.1. The summed E-state index contributed by atoms with van der Waals surface area (Å²) >= 11 is 1.55. The van der Waals surface area contributed by atoms with Crippen molar-refractivity contribution in [2.24, 2.45) is 5.73 Å². The maximum atomic E-state index is 12.7. The number of nitrogens with two attached hydrogens (primary N) is 1. The second kappa shape index (κ2) is 9.88. The summed E-state index contributed by atoms with van der Waals surface area (Å²) < 4.78 is 23.0. The lowest BCUT2D eigenvalue weighted by Crippen LogP contribution is -2.45. The number of carbonyl (C=O) groups excluding carboxylic acids is 2. The summed E-state index contributed by atoms with van der Waals surface area (Å²) in [6.07, 6.45) is 2.32. The topological polar surface area (TPSA) is 90.7 Å². The zero-order valence-electron chi connectivity index (χ0n) is 12.2. The van der Waals surface area contributed by atoms with Gasteiger partial charge in [0.05, 0.1) is 0 Å². The highest BCUT2D eigenvalue weighted by Crippen LogP contribution is 2.10. The maximum Gasteiger partial charge on any atom is 0.328 e. The van der Waals surface area contributed by atoms with Crippen LogP contribution < -0.4 is 15.8 Å². The number of halogens is 1. The van der Waals surface area contributed by atoms with Gasteiger partial charge in [0, 0.05) is 0 Å². The molecule has 0 saturated carbocycles. The van der Waals surface area contributed by atoms with Crippen LogP contribution in [0, 0.1) is 5.82 Å². The van der Waals surface area contributed by atoms with Crippen LogP contribution in [0.3, 0.4) is 0 Å². The van der Waals surface area contributed by atoms with Crippen LogP contribution in [-0.4, -0.2) is 43.3 Å². The monoisotopic (exact) mass is 330 g/mol. The number of nitrogens with one attached hydrogen (secondary N) is 1. The number of hydrogen-bond donors (Lipinski definition) is 2. The van der Waals surface area contributed by atoms with E-state index in [4.69, 9.17) is 15.2 Å². The maximum absolute atomic E-state index is 12.7. The minimum Gasteiger partial charge on any atom is -0.490 e. The molecule has 0 bridgehead atoms. The Morgan fingerprint density at radius 1 is 1.32 bits per heavy atom. The predicted octanol–water partition coefficient (Wildman–Crippen LogP) is 1.54. The van der Waals surface area contributed by atoms with Crippen LogP contribution >= 0.6 is 11.8 Å². The third-order valence-electron chi connectivity index (χ3n) is 2.62. The molecule has 1 aromatic rings. The summed E-state index contributed by atoms with van der Waals surface area (Å²) in [5.74, 6) is 0.252. The van der Waals surface area contributed by atoms with Crippen molar-refractivity contribution in [1.82, 2.24) is 5.32 Å². The molecule has 1 aromatic carbocycles. The predicted molar refractivity (Wildman–Crippen MR) is 82.4 cm³/mol. The van der Waals surface area contributed by atoms with Crippen molar-refractivity contribution in [3.63, 3.8) is 0 Å². The Labute approximate surface area is 132 Å². The molecule has 0 aromatic heterocycles. The lowest BCUT2D eigenvalue weighted by molar-refractivity contribution is -0.146. The van der Waals surface area contributed by atoms with Crippen molar-refractivity contribution < 1.29 is 23.5 Å². The lowest BCUT2D eigenvalue weighted by Gasteiger charge is -2.16. The minimum atomic E-state index is -0.773. The molecule has 0 aliphatic heterocycles. The van der Waals surface area contributed by atoms with Crippen LogP contribution in [0.4, 0.5) is 9.18 Å². The summed E-state index contributed by atoms with van der Waals surface area (Å²) in [6.45, 7) is 0.148. The quantitative estimate of drug-likeness (QED) is 0.529. The highest BCUT2D eigenvalue weighted by molar-refractivity contribution is 7.98. The van der Waals surface area contributed by atoms with Gasteiger partial charge in [0.1, 0.15) is 30.8 Å². The number of esters is 1. The molecule has 0 fully saturated rings. The van der Waals surface area contributed by atoms with E-state index in [2.05, 4.69) is 5.32 Å². The standard InChI is InChI=1S/C14H19FN2O4S/c1-22-9-6-12(17-14(16)19)13(18)21-8-7-20-11-4-2-10(15)3-5-11/h2-5,12H,6-9H2,1H3,(H3,16,17,19)/t12-/m1/s1. The second-order valence-corrected chi connectivity index (χ2v) is 5.30. The van der Waals surface area contributed by atoms with E-state index in [1.165, 1.54) is 24.3 Å². The molecule has 0 saturated heterocycles. The molecule has 8 heteroatoms. The molecular formula is C14H19FN2O4S. The molecule has 0 aliphatic rings. The van der Waals surface area contributed by atoms with Crippen molar-refractivity contribution in [2.45, 2.75) is 12.5 Å². The number of rotatable bonds is 9. The number of primary amides is 1. The summed E-state index contributed by atoms with van der Waals surface area (Å²) in [4.78, 5) is 22.7. The van der Waals surface area contributed by atoms with E-state index in [-0.39, 0.29) is 19.0 Å². The average molecular weight is 330 g/mol. The molecule has 1 atom stereocenters. The zero-order valence-corrected chi connectivity index (χ0v) is 13.0. The van der Waals surface area contributed by atoms with Crippen molar-refractivity contribution in [3.05, 3.63) is 30.1 Å². The van der Waals surface area contributed by atoms with Gasteiger partial charge < -0.3 is 20.5 Å². The van der Waals surface area contributed by atoms with Gasteiger partial charge in [-0.3, -0.25) is 0 Å².